The van der Waals surface area contributed by atoms with Crippen LogP contribution in [0.15, 0.2) is 42.5 Å². The maximum atomic E-state index is 10.9. The predicted octanol–water partition coefficient (Wildman–Crippen LogP) is 3.37. The highest BCUT2D eigenvalue weighted by Crippen LogP contribution is 2.34. The first-order valence-corrected chi connectivity index (χ1v) is 6.19. The molecule has 3 rings (SSSR count). The van der Waals surface area contributed by atoms with Crippen LogP contribution >= 0.6 is 0 Å². The molecule has 2 aromatic rings. The summed E-state index contributed by atoms with van der Waals surface area (Å²) in [5.74, 6) is 0. The number of hydrogen-bond donors (Lipinski definition) is 0. The number of fused-ring (bicyclic) bond motifs is 2. The van der Waals surface area contributed by atoms with Gasteiger partial charge in [0.05, 0.1) is 0 Å². The molecule has 0 fully saturated rings. The fourth-order valence-corrected chi connectivity index (χ4v) is 2.65. The molecule has 90 valence electrons. The molecule has 1 aliphatic heterocycles. The van der Waals surface area contributed by atoms with Crippen molar-refractivity contribution in [1.29, 1.82) is 0 Å². The summed E-state index contributed by atoms with van der Waals surface area (Å²) in [5.41, 5.74) is 5.83. The highest BCUT2D eigenvalue weighted by atomic mass is 16.1. The molecule has 0 spiro atoms. The first kappa shape index (κ1) is 11.0. The molecule has 1 heterocycles. The second-order valence-electron chi connectivity index (χ2n) is 4.69. The van der Waals surface area contributed by atoms with Gasteiger partial charge in [-0.3, -0.25) is 4.79 Å². The van der Waals surface area contributed by atoms with E-state index in [9.17, 15) is 4.79 Å². The molecule has 0 amide bonds. The summed E-state index contributed by atoms with van der Waals surface area (Å²) in [6.07, 6.45) is 2.92. The third-order valence-corrected chi connectivity index (χ3v) is 3.62. The van der Waals surface area contributed by atoms with Crippen LogP contribution in [0.3, 0.4) is 0 Å². The van der Waals surface area contributed by atoms with Gasteiger partial charge in [-0.15, -0.1) is 0 Å². The Morgan fingerprint density at radius 1 is 1.00 bits per heavy atom. The summed E-state index contributed by atoms with van der Waals surface area (Å²) in [6, 6.07) is 14.4. The summed E-state index contributed by atoms with van der Waals surface area (Å²) in [4.78, 5) is 13.1. The van der Waals surface area contributed by atoms with E-state index in [1.807, 2.05) is 18.2 Å². The number of nitrogens with zero attached hydrogens (tertiary/aromatic N) is 1. The SMILES string of the molecule is CN1c2ccccc2CCc2cc(C=O)ccc21. The van der Waals surface area contributed by atoms with Gasteiger partial charge in [-0.2, -0.15) is 0 Å². The Labute approximate surface area is 107 Å². The lowest BCUT2D eigenvalue weighted by molar-refractivity contribution is 0.112. The van der Waals surface area contributed by atoms with Gasteiger partial charge in [0.15, 0.2) is 0 Å². The number of aryl methyl sites for hydroxylation is 2. The van der Waals surface area contributed by atoms with E-state index < -0.39 is 0 Å². The summed E-state index contributed by atoms with van der Waals surface area (Å²) in [6.45, 7) is 0. The van der Waals surface area contributed by atoms with Gasteiger partial charge in [-0.05, 0) is 48.2 Å². The summed E-state index contributed by atoms with van der Waals surface area (Å²) in [5, 5.41) is 0. The molecule has 0 atom stereocenters. The summed E-state index contributed by atoms with van der Waals surface area (Å²) >= 11 is 0. The second-order valence-corrected chi connectivity index (χ2v) is 4.69. The lowest BCUT2D eigenvalue weighted by Crippen LogP contribution is -2.11. The van der Waals surface area contributed by atoms with Gasteiger partial charge in [0, 0.05) is 24.0 Å². The topological polar surface area (TPSA) is 20.3 Å². The van der Waals surface area contributed by atoms with Crippen LogP contribution in [-0.2, 0) is 12.8 Å². The van der Waals surface area contributed by atoms with E-state index in [-0.39, 0.29) is 0 Å². The first-order valence-electron chi connectivity index (χ1n) is 6.19. The van der Waals surface area contributed by atoms with Gasteiger partial charge < -0.3 is 4.90 Å². The van der Waals surface area contributed by atoms with E-state index in [4.69, 9.17) is 0 Å². The van der Waals surface area contributed by atoms with E-state index >= 15 is 0 Å². The zero-order valence-corrected chi connectivity index (χ0v) is 10.4. The van der Waals surface area contributed by atoms with E-state index in [1.165, 1.54) is 22.5 Å². The van der Waals surface area contributed by atoms with Crippen molar-refractivity contribution in [2.75, 3.05) is 11.9 Å². The Hall–Kier alpha value is -2.09. The number of aldehydes is 1. The lowest BCUT2D eigenvalue weighted by Gasteiger charge is -2.21. The van der Waals surface area contributed by atoms with Crippen molar-refractivity contribution < 1.29 is 4.79 Å². The summed E-state index contributed by atoms with van der Waals surface area (Å²) < 4.78 is 0. The number of rotatable bonds is 1. The molecule has 1 aliphatic rings. The fourth-order valence-electron chi connectivity index (χ4n) is 2.65. The number of carbonyl (C=O) groups is 1. The predicted molar refractivity (Wildman–Crippen MR) is 73.7 cm³/mol. The molecule has 0 saturated heterocycles. The van der Waals surface area contributed by atoms with Gasteiger partial charge in [-0.25, -0.2) is 0 Å². The van der Waals surface area contributed by atoms with Crippen molar-refractivity contribution in [3.8, 4) is 0 Å². The maximum absolute atomic E-state index is 10.9. The van der Waals surface area contributed by atoms with Crippen LogP contribution in [0.25, 0.3) is 0 Å². The van der Waals surface area contributed by atoms with E-state index in [0.29, 0.717) is 0 Å². The maximum Gasteiger partial charge on any atom is 0.150 e. The molecule has 18 heavy (non-hydrogen) atoms. The minimum absolute atomic E-state index is 0.758. The van der Waals surface area contributed by atoms with Crippen LogP contribution in [0.5, 0.6) is 0 Å². The monoisotopic (exact) mass is 237 g/mol. The van der Waals surface area contributed by atoms with Gasteiger partial charge >= 0.3 is 0 Å². The van der Waals surface area contributed by atoms with Gasteiger partial charge in [-0.1, -0.05) is 18.2 Å². The molecule has 0 aliphatic carbocycles. The first-order chi connectivity index (χ1) is 8.79. The molecule has 2 heteroatoms. The number of benzene rings is 2. The van der Waals surface area contributed by atoms with Crippen LogP contribution in [0.1, 0.15) is 21.5 Å². The zero-order chi connectivity index (χ0) is 12.5. The van der Waals surface area contributed by atoms with Crippen LogP contribution < -0.4 is 4.90 Å². The molecule has 0 bridgehead atoms. The van der Waals surface area contributed by atoms with E-state index in [0.717, 1.165) is 24.7 Å². The Balaban J connectivity index is 2.14. The van der Waals surface area contributed by atoms with E-state index in [1.54, 1.807) is 0 Å². The molecule has 0 radical (unpaired) electrons. The van der Waals surface area contributed by atoms with Crippen LogP contribution in [0.4, 0.5) is 11.4 Å². The van der Waals surface area contributed by atoms with Gasteiger partial charge in [0.25, 0.3) is 0 Å². The average molecular weight is 237 g/mol. The number of hydrogen-bond acceptors (Lipinski definition) is 2. The third-order valence-electron chi connectivity index (χ3n) is 3.62. The molecular formula is C16H15NO. The molecule has 0 unspecified atom stereocenters. The number of para-hydroxylation sites is 1. The van der Waals surface area contributed by atoms with Crippen molar-refractivity contribution in [2.24, 2.45) is 0 Å². The van der Waals surface area contributed by atoms with Crippen molar-refractivity contribution in [3.63, 3.8) is 0 Å². The smallest absolute Gasteiger partial charge is 0.150 e. The average Bonchev–Trinajstić information content (AvgIpc) is 2.57. The van der Waals surface area contributed by atoms with Crippen molar-refractivity contribution in [1.82, 2.24) is 0 Å². The minimum atomic E-state index is 0.758. The Kier molecular flexibility index (Phi) is 2.63. The van der Waals surface area contributed by atoms with Crippen LogP contribution in [-0.4, -0.2) is 13.3 Å². The second kappa shape index (κ2) is 4.30. The molecule has 0 N–H and O–H groups in total. The Morgan fingerprint density at radius 3 is 2.56 bits per heavy atom. The quantitative estimate of drug-likeness (QED) is 0.709. The van der Waals surface area contributed by atoms with E-state index in [2.05, 4.69) is 36.2 Å². The third kappa shape index (κ3) is 1.70. The van der Waals surface area contributed by atoms with Crippen molar-refractivity contribution in [3.05, 3.63) is 59.2 Å². The molecule has 0 saturated carbocycles. The molecule has 2 nitrogen and oxygen atoms in total. The fraction of sp³-hybridized carbons (Fsp3) is 0.188. The van der Waals surface area contributed by atoms with Crippen LogP contribution in [0, 0.1) is 0 Å². The standard InChI is InChI=1S/C16H15NO/c1-17-15-5-3-2-4-13(15)7-8-14-10-12(11-18)6-9-16(14)17/h2-6,9-11H,7-8H2,1H3. The number of anilines is 2. The van der Waals surface area contributed by atoms with Crippen molar-refractivity contribution in [2.45, 2.75) is 12.8 Å². The van der Waals surface area contributed by atoms with Crippen LogP contribution in [0.2, 0.25) is 0 Å². The normalized spacial score (nSPS) is 13.5. The van der Waals surface area contributed by atoms with Gasteiger partial charge in [0.1, 0.15) is 6.29 Å². The lowest BCUT2D eigenvalue weighted by atomic mass is 10.0. The largest absolute Gasteiger partial charge is 0.344 e. The Morgan fingerprint density at radius 2 is 1.72 bits per heavy atom. The number of carbonyl (C=O) groups excluding carboxylic acids is 1. The van der Waals surface area contributed by atoms with Gasteiger partial charge in [0.2, 0.25) is 0 Å². The zero-order valence-electron chi connectivity index (χ0n) is 10.4. The minimum Gasteiger partial charge on any atom is -0.344 e. The highest BCUT2D eigenvalue weighted by molar-refractivity contribution is 5.79. The molecular weight excluding hydrogens is 222 g/mol. The van der Waals surface area contributed by atoms with Crippen molar-refractivity contribution >= 4 is 17.7 Å². The summed E-state index contributed by atoms with van der Waals surface area (Å²) in [7, 11) is 2.09. The molecule has 0 aromatic heterocycles. The highest BCUT2D eigenvalue weighted by Gasteiger charge is 2.17. The Bertz CT molecular complexity index is 604. The molecule has 2 aromatic carbocycles.